The van der Waals surface area contributed by atoms with E-state index in [9.17, 15) is 0 Å². The summed E-state index contributed by atoms with van der Waals surface area (Å²) in [6.07, 6.45) is 0. The van der Waals surface area contributed by atoms with Crippen LogP contribution in [0.5, 0.6) is 11.5 Å². The monoisotopic (exact) mass is 368 g/mol. The van der Waals surface area contributed by atoms with Crippen molar-refractivity contribution in [2.75, 3.05) is 0 Å². The molecule has 0 unspecified atom stereocenters. The Morgan fingerprint density at radius 1 is 0.792 bits per heavy atom. The molecule has 0 spiro atoms. The second-order valence-electron chi connectivity index (χ2n) is 5.16. The lowest BCUT2D eigenvalue weighted by Crippen LogP contribution is -1.98. The van der Waals surface area contributed by atoms with Gasteiger partial charge in [0.25, 0.3) is 0 Å². The largest absolute Gasteiger partial charge is 0.484 e. The van der Waals surface area contributed by atoms with Crippen LogP contribution in [0.15, 0.2) is 33.3 Å². The smallest absolute Gasteiger partial charge is 0.174 e. The quantitative estimate of drug-likeness (QED) is 0.625. The number of benzene rings is 1. The van der Waals surface area contributed by atoms with Gasteiger partial charge in [0.2, 0.25) is 0 Å². The van der Waals surface area contributed by atoms with Crippen LogP contribution >= 0.6 is 23.2 Å². The Balaban J connectivity index is 1.70. The van der Waals surface area contributed by atoms with Crippen LogP contribution in [-0.2, 0) is 13.2 Å². The topological polar surface area (TPSA) is 70.5 Å². The van der Waals surface area contributed by atoms with E-state index in [1.54, 1.807) is 24.3 Å². The number of aryl methyl sites for hydroxylation is 2. The third-order valence-electron chi connectivity index (χ3n) is 3.08. The van der Waals surface area contributed by atoms with E-state index in [-0.39, 0.29) is 13.2 Å². The van der Waals surface area contributed by atoms with Gasteiger partial charge in [0.15, 0.2) is 11.5 Å². The zero-order valence-electron chi connectivity index (χ0n) is 13.0. The van der Waals surface area contributed by atoms with Crippen LogP contribution in [0.3, 0.4) is 0 Å². The van der Waals surface area contributed by atoms with Gasteiger partial charge in [-0.2, -0.15) is 0 Å². The first-order chi connectivity index (χ1) is 11.5. The molecule has 8 heteroatoms. The van der Waals surface area contributed by atoms with Crippen molar-refractivity contribution in [2.24, 2.45) is 0 Å². The number of halogens is 2. The maximum absolute atomic E-state index is 6.15. The highest BCUT2D eigenvalue weighted by molar-refractivity contribution is 6.36. The Bertz CT molecular complexity index is 779. The number of ether oxygens (including phenoxy) is 2. The van der Waals surface area contributed by atoms with Crippen LogP contribution in [0.1, 0.15) is 22.9 Å². The van der Waals surface area contributed by atoms with E-state index in [4.69, 9.17) is 41.7 Å². The van der Waals surface area contributed by atoms with Gasteiger partial charge >= 0.3 is 0 Å². The van der Waals surface area contributed by atoms with E-state index in [1.807, 2.05) is 13.8 Å². The molecule has 0 amide bonds. The third-order valence-corrected chi connectivity index (χ3v) is 3.67. The fraction of sp³-hybridized carbons (Fsp3) is 0.250. The minimum absolute atomic E-state index is 0.197. The summed E-state index contributed by atoms with van der Waals surface area (Å²) in [7, 11) is 0. The molecule has 24 heavy (non-hydrogen) atoms. The molecule has 126 valence electrons. The van der Waals surface area contributed by atoms with Crippen molar-refractivity contribution in [1.29, 1.82) is 0 Å². The van der Waals surface area contributed by atoms with Gasteiger partial charge in [-0.1, -0.05) is 33.5 Å². The molecule has 0 fully saturated rings. The standard InChI is InChI=1S/C16H14Cl2N2O4/c1-9-3-11(23-19-9)7-21-15-6-16(14(18)5-13(15)17)22-8-12-4-10(2)20-24-12/h3-6H,7-8H2,1-2H3. The molecule has 0 aliphatic carbocycles. The average molecular weight is 369 g/mol. The summed E-state index contributed by atoms with van der Waals surface area (Å²) in [5, 5.41) is 8.34. The SMILES string of the molecule is Cc1cc(COc2cc(OCc3cc(C)no3)c(Cl)cc2Cl)on1. The molecule has 0 bridgehead atoms. The summed E-state index contributed by atoms with van der Waals surface area (Å²) in [6, 6.07) is 6.75. The van der Waals surface area contributed by atoms with Crippen LogP contribution < -0.4 is 9.47 Å². The second kappa shape index (κ2) is 7.15. The summed E-state index contributed by atoms with van der Waals surface area (Å²) in [6.45, 7) is 4.06. The third kappa shape index (κ3) is 4.01. The van der Waals surface area contributed by atoms with Crippen molar-refractivity contribution in [3.05, 3.63) is 57.2 Å². The van der Waals surface area contributed by atoms with E-state index in [2.05, 4.69) is 10.3 Å². The zero-order chi connectivity index (χ0) is 17.1. The highest BCUT2D eigenvalue weighted by Gasteiger charge is 2.12. The van der Waals surface area contributed by atoms with Crippen LogP contribution in [0.2, 0.25) is 10.0 Å². The van der Waals surface area contributed by atoms with E-state index < -0.39 is 0 Å². The molecule has 0 radical (unpaired) electrons. The predicted molar refractivity (Wildman–Crippen MR) is 87.6 cm³/mol. The summed E-state index contributed by atoms with van der Waals surface area (Å²) < 4.78 is 21.5. The lowest BCUT2D eigenvalue weighted by Gasteiger charge is -2.11. The zero-order valence-corrected chi connectivity index (χ0v) is 14.5. The average Bonchev–Trinajstić information content (AvgIpc) is 3.14. The minimum atomic E-state index is 0.197. The molecule has 6 nitrogen and oxygen atoms in total. The normalized spacial score (nSPS) is 10.8. The molecule has 1 aromatic carbocycles. The Labute approximate surface area is 148 Å². The first kappa shape index (κ1) is 16.7. The molecule has 0 saturated carbocycles. The highest BCUT2D eigenvalue weighted by Crippen LogP contribution is 2.36. The number of rotatable bonds is 6. The van der Waals surface area contributed by atoms with Gasteiger partial charge in [-0.05, 0) is 19.9 Å². The van der Waals surface area contributed by atoms with Gasteiger partial charge in [-0.25, -0.2) is 0 Å². The predicted octanol–water partition coefficient (Wildman–Crippen LogP) is 4.74. The van der Waals surface area contributed by atoms with E-state index in [0.717, 1.165) is 11.4 Å². The summed E-state index contributed by atoms with van der Waals surface area (Å²) >= 11 is 12.3. The van der Waals surface area contributed by atoms with Gasteiger partial charge in [0, 0.05) is 18.2 Å². The van der Waals surface area contributed by atoms with Gasteiger partial charge in [0.1, 0.15) is 24.7 Å². The van der Waals surface area contributed by atoms with E-state index in [0.29, 0.717) is 33.1 Å². The van der Waals surface area contributed by atoms with Crippen LogP contribution in [0.25, 0.3) is 0 Å². The molecule has 3 aromatic rings. The fourth-order valence-corrected chi connectivity index (χ4v) is 2.49. The van der Waals surface area contributed by atoms with Crippen molar-refractivity contribution in [2.45, 2.75) is 27.1 Å². The molecule has 0 aliphatic heterocycles. The van der Waals surface area contributed by atoms with Gasteiger partial charge in [0.05, 0.1) is 21.4 Å². The number of aromatic nitrogens is 2. The molecule has 2 aromatic heterocycles. The second-order valence-corrected chi connectivity index (χ2v) is 5.97. The summed E-state index contributed by atoms with van der Waals surface area (Å²) in [5.74, 6) is 2.05. The lowest BCUT2D eigenvalue weighted by molar-refractivity contribution is 0.238. The van der Waals surface area contributed by atoms with Crippen LogP contribution in [-0.4, -0.2) is 10.3 Å². The molecule has 3 rings (SSSR count). The van der Waals surface area contributed by atoms with Crippen molar-refractivity contribution < 1.29 is 18.5 Å². The Morgan fingerprint density at radius 2 is 1.25 bits per heavy atom. The molecule has 0 saturated heterocycles. The Kier molecular flexibility index (Phi) is 4.97. The maximum Gasteiger partial charge on any atom is 0.174 e. The maximum atomic E-state index is 6.15. The van der Waals surface area contributed by atoms with Crippen molar-refractivity contribution >= 4 is 23.2 Å². The van der Waals surface area contributed by atoms with Crippen molar-refractivity contribution in [3.8, 4) is 11.5 Å². The van der Waals surface area contributed by atoms with E-state index in [1.165, 1.54) is 0 Å². The van der Waals surface area contributed by atoms with Crippen LogP contribution in [0.4, 0.5) is 0 Å². The molecular weight excluding hydrogens is 355 g/mol. The summed E-state index contributed by atoms with van der Waals surface area (Å²) in [4.78, 5) is 0. The molecule has 0 atom stereocenters. The van der Waals surface area contributed by atoms with Gasteiger partial charge in [-0.15, -0.1) is 0 Å². The number of hydrogen-bond donors (Lipinski definition) is 0. The first-order valence-electron chi connectivity index (χ1n) is 7.10. The number of hydrogen-bond acceptors (Lipinski definition) is 6. The first-order valence-corrected chi connectivity index (χ1v) is 7.86. The Morgan fingerprint density at radius 3 is 1.62 bits per heavy atom. The molecule has 0 N–H and O–H groups in total. The lowest BCUT2D eigenvalue weighted by atomic mass is 10.3. The van der Waals surface area contributed by atoms with Crippen LogP contribution in [0, 0.1) is 13.8 Å². The van der Waals surface area contributed by atoms with Gasteiger partial charge < -0.3 is 18.5 Å². The minimum Gasteiger partial charge on any atom is -0.484 e. The molecular formula is C16H14Cl2N2O4. The fourth-order valence-electron chi connectivity index (χ4n) is 2.00. The Hall–Kier alpha value is -2.18. The molecule has 0 aliphatic rings. The molecule has 2 heterocycles. The van der Waals surface area contributed by atoms with Crippen molar-refractivity contribution in [3.63, 3.8) is 0 Å². The van der Waals surface area contributed by atoms with Crippen molar-refractivity contribution in [1.82, 2.24) is 10.3 Å². The summed E-state index contributed by atoms with van der Waals surface area (Å²) in [5.41, 5.74) is 1.56. The highest BCUT2D eigenvalue weighted by atomic mass is 35.5. The van der Waals surface area contributed by atoms with E-state index >= 15 is 0 Å². The van der Waals surface area contributed by atoms with Gasteiger partial charge in [-0.3, -0.25) is 0 Å². The number of nitrogens with zero attached hydrogens (tertiary/aromatic N) is 2.